The molecular weight excluding hydrogens is 436 g/mol. The van der Waals surface area contributed by atoms with Gasteiger partial charge in [0.05, 0.1) is 19.3 Å². The van der Waals surface area contributed by atoms with Crippen LogP contribution in [0.15, 0.2) is 48.5 Å². The lowest BCUT2D eigenvalue weighted by Crippen LogP contribution is -2.08. The van der Waals surface area contributed by atoms with E-state index in [2.05, 4.69) is 13.5 Å². The van der Waals surface area contributed by atoms with Gasteiger partial charge in [0.2, 0.25) is 0 Å². The first-order valence-electron chi connectivity index (χ1n) is 11.7. The van der Waals surface area contributed by atoms with Gasteiger partial charge in [0.1, 0.15) is 37.5 Å². The fourth-order valence-corrected chi connectivity index (χ4v) is 2.92. The fraction of sp³-hybridized carbons (Fsp3) is 0.480. The highest BCUT2D eigenvalue weighted by Gasteiger charge is 2.09. The molecule has 0 aliphatic rings. The lowest BCUT2D eigenvalue weighted by Gasteiger charge is -2.08. The van der Waals surface area contributed by atoms with Gasteiger partial charge in [-0.25, -0.2) is 4.79 Å². The third-order valence-corrected chi connectivity index (χ3v) is 7.22. The van der Waals surface area contributed by atoms with Crippen LogP contribution in [0.4, 0.5) is 0 Å². The summed E-state index contributed by atoms with van der Waals surface area (Å²) in [6.45, 7) is 5.09. The number of unbranched alkanes of at least 4 members (excludes halogenated alkanes) is 7. The highest BCUT2D eigenvalue weighted by Crippen LogP contribution is 2.19. The van der Waals surface area contributed by atoms with Gasteiger partial charge in [-0.2, -0.15) is 0 Å². The van der Waals surface area contributed by atoms with Crippen molar-refractivity contribution < 1.29 is 23.1 Å². The standard InChI is InChI=1S/C24H32O4.CH8OSi2/c1-3-4-5-6-7-8-9-10-19-27-22-13-11-20(12-14-22)24(25)28-23-17-15-21(26-2)16-18-23;1-4-2-3/h11-18H,3-10,19H2,1-2H3;4H2,1,3H3. The molecule has 0 N–H and O–H groups in total. The van der Waals surface area contributed by atoms with Crippen LogP contribution in [-0.2, 0) is 4.12 Å². The molecule has 0 radical (unpaired) electrons. The second-order valence-corrected chi connectivity index (χ2v) is 10.4. The molecule has 0 saturated carbocycles. The summed E-state index contributed by atoms with van der Waals surface area (Å²) in [6.07, 6.45) is 10.2. The van der Waals surface area contributed by atoms with Gasteiger partial charge in [0.25, 0.3) is 0 Å². The van der Waals surface area contributed by atoms with Crippen molar-refractivity contribution in [2.24, 2.45) is 0 Å². The van der Waals surface area contributed by atoms with Gasteiger partial charge >= 0.3 is 5.97 Å². The van der Waals surface area contributed by atoms with E-state index in [0.717, 1.165) is 28.4 Å². The molecule has 0 amide bonds. The van der Waals surface area contributed by atoms with Gasteiger partial charge in [-0.05, 0) is 55.0 Å². The van der Waals surface area contributed by atoms with E-state index in [4.69, 9.17) is 18.3 Å². The predicted molar refractivity (Wildman–Crippen MR) is 138 cm³/mol. The normalized spacial score (nSPS) is 10.6. The second kappa shape index (κ2) is 18.5. The molecule has 2 rings (SSSR count). The Morgan fingerprint density at radius 1 is 0.812 bits per heavy atom. The highest BCUT2D eigenvalue weighted by molar-refractivity contribution is 6.32. The minimum absolute atomic E-state index is 0.0139. The van der Waals surface area contributed by atoms with Crippen molar-refractivity contribution >= 4 is 26.2 Å². The number of esters is 1. The highest BCUT2D eigenvalue weighted by atomic mass is 28.3. The maximum absolute atomic E-state index is 12.2. The van der Waals surface area contributed by atoms with E-state index in [-0.39, 0.29) is 15.7 Å². The van der Waals surface area contributed by atoms with Crippen molar-refractivity contribution in [2.75, 3.05) is 13.7 Å². The molecule has 5 nitrogen and oxygen atoms in total. The molecule has 0 unspecified atom stereocenters. The molecule has 178 valence electrons. The summed E-state index contributed by atoms with van der Waals surface area (Å²) in [5.74, 6) is 1.60. The second-order valence-electron chi connectivity index (χ2n) is 7.49. The van der Waals surface area contributed by atoms with E-state index >= 15 is 0 Å². The molecule has 0 spiro atoms. The summed E-state index contributed by atoms with van der Waals surface area (Å²) in [7, 11) is 2.53. The molecule has 0 saturated heterocycles. The molecule has 0 aromatic heterocycles. The maximum Gasteiger partial charge on any atom is 0.343 e. The van der Waals surface area contributed by atoms with E-state index in [9.17, 15) is 4.79 Å². The lowest BCUT2D eigenvalue weighted by atomic mass is 10.1. The third-order valence-electron chi connectivity index (χ3n) is 4.92. The van der Waals surface area contributed by atoms with Gasteiger partial charge in [0.15, 0.2) is 0 Å². The van der Waals surface area contributed by atoms with Crippen LogP contribution in [0.3, 0.4) is 0 Å². The van der Waals surface area contributed by atoms with Crippen LogP contribution in [0, 0.1) is 0 Å². The van der Waals surface area contributed by atoms with E-state index in [0.29, 0.717) is 17.9 Å². The van der Waals surface area contributed by atoms with Crippen molar-refractivity contribution in [3.05, 3.63) is 54.1 Å². The first kappa shape index (κ1) is 27.9. The first-order valence-corrected chi connectivity index (χ1v) is 14.5. The zero-order chi connectivity index (χ0) is 23.4. The van der Waals surface area contributed by atoms with Crippen molar-refractivity contribution in [1.82, 2.24) is 0 Å². The zero-order valence-corrected chi connectivity index (χ0v) is 23.6. The molecule has 0 atom stereocenters. The maximum atomic E-state index is 12.2. The summed E-state index contributed by atoms with van der Waals surface area (Å²) in [4.78, 5) is 12.2. The van der Waals surface area contributed by atoms with Crippen molar-refractivity contribution in [3.63, 3.8) is 0 Å². The minimum Gasteiger partial charge on any atom is -0.497 e. The summed E-state index contributed by atoms with van der Waals surface area (Å²) in [5.41, 5.74) is 0.496. The number of carbonyl (C=O) groups excluding carboxylic acids is 1. The Morgan fingerprint density at radius 2 is 1.31 bits per heavy atom. The van der Waals surface area contributed by atoms with Crippen LogP contribution >= 0.6 is 0 Å². The molecule has 0 fully saturated rings. The van der Waals surface area contributed by atoms with Crippen molar-refractivity contribution in [2.45, 2.75) is 64.8 Å². The molecule has 0 bridgehead atoms. The molecule has 0 aliphatic carbocycles. The van der Waals surface area contributed by atoms with Crippen LogP contribution in [0.2, 0.25) is 6.55 Å². The smallest absolute Gasteiger partial charge is 0.343 e. The van der Waals surface area contributed by atoms with E-state index in [1.807, 2.05) is 12.1 Å². The number of methoxy groups -OCH3 is 1. The number of carbonyl (C=O) groups is 1. The quantitative estimate of drug-likeness (QED) is 0.169. The van der Waals surface area contributed by atoms with Crippen LogP contribution in [0.1, 0.15) is 68.6 Å². The number of benzene rings is 2. The van der Waals surface area contributed by atoms with Gasteiger partial charge < -0.3 is 18.3 Å². The zero-order valence-electron chi connectivity index (χ0n) is 20.2. The molecule has 2 aromatic rings. The monoisotopic (exact) mass is 476 g/mol. The Kier molecular flexibility index (Phi) is 16.1. The van der Waals surface area contributed by atoms with Crippen molar-refractivity contribution in [1.29, 1.82) is 0 Å². The van der Waals surface area contributed by atoms with Crippen molar-refractivity contribution in [3.8, 4) is 17.2 Å². The molecule has 32 heavy (non-hydrogen) atoms. The largest absolute Gasteiger partial charge is 0.497 e. The Labute approximate surface area is 199 Å². The van der Waals surface area contributed by atoms with Gasteiger partial charge in [-0.3, -0.25) is 0 Å². The summed E-state index contributed by atoms with van der Waals surface area (Å²) in [6, 6.07) is 14.0. The van der Waals surface area contributed by atoms with Gasteiger partial charge in [-0.15, -0.1) is 0 Å². The van der Waals surface area contributed by atoms with Gasteiger partial charge in [0, 0.05) is 0 Å². The van der Waals surface area contributed by atoms with Crippen LogP contribution < -0.4 is 14.2 Å². The van der Waals surface area contributed by atoms with E-state index in [1.165, 1.54) is 44.9 Å². The number of hydrogen-bond acceptors (Lipinski definition) is 5. The van der Waals surface area contributed by atoms with Gasteiger partial charge in [-0.1, -0.05) is 58.4 Å². The average molecular weight is 477 g/mol. The number of rotatable bonds is 14. The average Bonchev–Trinajstić information content (AvgIpc) is 2.84. The topological polar surface area (TPSA) is 54.0 Å². The van der Waals surface area contributed by atoms with Crippen LogP contribution in [-0.4, -0.2) is 39.9 Å². The summed E-state index contributed by atoms with van der Waals surface area (Å²) < 4.78 is 21.0. The number of hydrogen-bond donors (Lipinski definition) is 0. The van der Waals surface area contributed by atoms with Crippen LogP contribution in [0.5, 0.6) is 17.2 Å². The predicted octanol–water partition coefficient (Wildman–Crippen LogP) is 4.85. The van der Waals surface area contributed by atoms with E-state index < -0.39 is 0 Å². The SMILES string of the molecule is CCCCCCCCCCOc1ccc(C(=O)Oc2ccc(OC)cc2)cc1.C[SiH2]O[SiH3]. The first-order chi connectivity index (χ1) is 15.6. The molecule has 0 heterocycles. The lowest BCUT2D eigenvalue weighted by molar-refractivity contribution is 0.0734. The molecule has 2 aromatic carbocycles. The number of ether oxygens (including phenoxy) is 3. The molecule has 7 heteroatoms. The Morgan fingerprint density at radius 3 is 1.84 bits per heavy atom. The Bertz CT molecular complexity index is 718. The summed E-state index contributed by atoms with van der Waals surface area (Å²) in [5, 5.41) is 0. The third kappa shape index (κ3) is 12.7. The molecular formula is C25H40O5Si2. The fourth-order valence-electron chi connectivity index (χ4n) is 2.92. The molecule has 0 aliphatic heterocycles. The summed E-state index contributed by atoms with van der Waals surface area (Å²) >= 11 is 0. The minimum atomic E-state index is -0.389. The Hall–Kier alpha value is -2.10. The van der Waals surface area contributed by atoms with E-state index in [1.54, 1.807) is 43.5 Å². The van der Waals surface area contributed by atoms with Crippen LogP contribution in [0.25, 0.3) is 0 Å². The Balaban J connectivity index is 0.00000118.